The van der Waals surface area contributed by atoms with Crippen molar-refractivity contribution in [3.63, 3.8) is 0 Å². The molecule has 2 rings (SSSR count). The summed E-state index contributed by atoms with van der Waals surface area (Å²) in [6.07, 6.45) is 1.46. The third-order valence-electron chi connectivity index (χ3n) is 3.44. The van der Waals surface area contributed by atoms with Gasteiger partial charge in [-0.05, 0) is 31.2 Å². The second-order valence-electron chi connectivity index (χ2n) is 4.98. The van der Waals surface area contributed by atoms with Crippen molar-refractivity contribution in [3.8, 4) is 0 Å². The lowest BCUT2D eigenvalue weighted by molar-refractivity contribution is -0.151. The van der Waals surface area contributed by atoms with E-state index in [-0.39, 0.29) is 24.4 Å². The molecular weight excluding hydrogens is 306 g/mol. The molecule has 7 heteroatoms. The van der Waals surface area contributed by atoms with Crippen LogP contribution in [-0.2, 0) is 19.1 Å². The highest BCUT2D eigenvalue weighted by molar-refractivity contribution is 7.11. The van der Waals surface area contributed by atoms with Crippen LogP contribution in [0, 0.1) is 5.92 Å². The topological polar surface area (TPSA) is 72.9 Å². The van der Waals surface area contributed by atoms with E-state index in [0.29, 0.717) is 24.6 Å². The lowest BCUT2D eigenvalue weighted by Crippen LogP contribution is -2.44. The number of ether oxygens (including phenoxy) is 2. The molecule has 0 aliphatic carbocycles. The monoisotopic (exact) mass is 325 g/mol. The largest absolute Gasteiger partial charge is 0.466 e. The lowest BCUT2D eigenvalue weighted by Gasteiger charge is -2.31. The van der Waals surface area contributed by atoms with E-state index in [1.54, 1.807) is 29.3 Å². The molecule has 1 aliphatic heterocycles. The van der Waals surface area contributed by atoms with Crippen molar-refractivity contribution in [1.82, 2.24) is 4.90 Å². The number of amides is 1. The molecule has 1 atom stereocenters. The van der Waals surface area contributed by atoms with Crippen molar-refractivity contribution >= 4 is 29.2 Å². The van der Waals surface area contributed by atoms with Gasteiger partial charge in [0.15, 0.2) is 6.61 Å². The van der Waals surface area contributed by atoms with Crippen LogP contribution in [0.5, 0.6) is 0 Å². The molecule has 1 aromatic heterocycles. The Balaban J connectivity index is 1.81. The predicted molar refractivity (Wildman–Crippen MR) is 80.5 cm³/mol. The fourth-order valence-corrected chi connectivity index (χ4v) is 2.96. The lowest BCUT2D eigenvalue weighted by atomic mass is 9.98. The van der Waals surface area contributed by atoms with Crippen LogP contribution in [0.1, 0.15) is 29.4 Å². The molecule has 1 aliphatic rings. The van der Waals surface area contributed by atoms with Crippen LogP contribution >= 0.6 is 11.3 Å². The minimum Gasteiger partial charge on any atom is -0.466 e. The predicted octanol–water partition coefficient (Wildman–Crippen LogP) is 1.71. The van der Waals surface area contributed by atoms with E-state index in [1.165, 1.54) is 11.3 Å². The molecule has 6 nitrogen and oxygen atoms in total. The van der Waals surface area contributed by atoms with Crippen LogP contribution in [0.4, 0.5) is 0 Å². The number of hydrogen-bond donors (Lipinski definition) is 0. The number of piperidine rings is 1. The third-order valence-corrected chi connectivity index (χ3v) is 4.29. The fraction of sp³-hybridized carbons (Fsp3) is 0.533. The number of carbonyl (C=O) groups excluding carboxylic acids is 3. The fourth-order valence-electron chi connectivity index (χ4n) is 2.34. The zero-order valence-electron chi connectivity index (χ0n) is 12.4. The van der Waals surface area contributed by atoms with Crippen LogP contribution < -0.4 is 0 Å². The van der Waals surface area contributed by atoms with E-state index in [4.69, 9.17) is 9.47 Å². The average Bonchev–Trinajstić information content (AvgIpc) is 3.07. The molecule has 0 N–H and O–H groups in total. The molecule has 120 valence electrons. The zero-order chi connectivity index (χ0) is 15.9. The summed E-state index contributed by atoms with van der Waals surface area (Å²) in [4.78, 5) is 37.6. The van der Waals surface area contributed by atoms with Crippen molar-refractivity contribution in [1.29, 1.82) is 0 Å². The first-order chi connectivity index (χ1) is 10.6. The standard InChI is InChI=1S/C15H19NO5S/c1-2-20-14(18)11-5-3-7-16(9-11)13(17)10-21-15(19)12-6-4-8-22-12/h4,6,8,11H,2-3,5,7,9-10H2,1H3/t11-/m1/s1. The first kappa shape index (κ1) is 16.5. The van der Waals surface area contributed by atoms with Crippen molar-refractivity contribution < 1.29 is 23.9 Å². The molecule has 0 aromatic carbocycles. The average molecular weight is 325 g/mol. The van der Waals surface area contributed by atoms with E-state index in [9.17, 15) is 14.4 Å². The second-order valence-corrected chi connectivity index (χ2v) is 5.93. The molecule has 0 unspecified atom stereocenters. The van der Waals surface area contributed by atoms with Gasteiger partial charge in [-0.15, -0.1) is 11.3 Å². The van der Waals surface area contributed by atoms with Crippen molar-refractivity contribution in [2.75, 3.05) is 26.3 Å². The maximum absolute atomic E-state index is 12.1. The highest BCUT2D eigenvalue weighted by Gasteiger charge is 2.29. The highest BCUT2D eigenvalue weighted by atomic mass is 32.1. The van der Waals surface area contributed by atoms with Crippen LogP contribution in [0.25, 0.3) is 0 Å². The molecule has 0 saturated carbocycles. The normalized spacial score (nSPS) is 17.9. The Morgan fingerprint density at radius 3 is 2.86 bits per heavy atom. The Kier molecular flexibility index (Phi) is 5.94. The molecule has 2 heterocycles. The Labute approximate surface area is 133 Å². The molecule has 22 heavy (non-hydrogen) atoms. The summed E-state index contributed by atoms with van der Waals surface area (Å²) >= 11 is 1.27. The van der Waals surface area contributed by atoms with Gasteiger partial charge in [-0.2, -0.15) is 0 Å². The van der Waals surface area contributed by atoms with Crippen LogP contribution in [0.3, 0.4) is 0 Å². The van der Waals surface area contributed by atoms with Gasteiger partial charge in [0, 0.05) is 13.1 Å². The second kappa shape index (κ2) is 7.93. The molecule has 0 spiro atoms. The number of thiophene rings is 1. The van der Waals surface area contributed by atoms with E-state index in [2.05, 4.69) is 0 Å². The van der Waals surface area contributed by atoms with Gasteiger partial charge in [-0.3, -0.25) is 9.59 Å². The summed E-state index contributed by atoms with van der Waals surface area (Å²) in [5, 5.41) is 1.77. The SMILES string of the molecule is CCOC(=O)[C@@H]1CCCN(C(=O)COC(=O)c2cccs2)C1. The van der Waals surface area contributed by atoms with Gasteiger partial charge < -0.3 is 14.4 Å². The van der Waals surface area contributed by atoms with E-state index in [1.807, 2.05) is 0 Å². The number of hydrogen-bond acceptors (Lipinski definition) is 6. The summed E-state index contributed by atoms with van der Waals surface area (Å²) in [5.74, 6) is -1.33. The van der Waals surface area contributed by atoms with Crippen molar-refractivity contribution in [2.24, 2.45) is 5.92 Å². The molecule has 1 fully saturated rings. The first-order valence-electron chi connectivity index (χ1n) is 7.27. The molecule has 1 aromatic rings. The maximum Gasteiger partial charge on any atom is 0.348 e. The summed E-state index contributed by atoms with van der Waals surface area (Å²) in [7, 11) is 0. The zero-order valence-corrected chi connectivity index (χ0v) is 13.3. The summed E-state index contributed by atoms with van der Waals surface area (Å²) in [5.41, 5.74) is 0. The van der Waals surface area contributed by atoms with E-state index < -0.39 is 5.97 Å². The minimum atomic E-state index is -0.498. The van der Waals surface area contributed by atoms with Gasteiger partial charge in [-0.1, -0.05) is 6.07 Å². The molecule has 0 radical (unpaired) electrons. The Hall–Kier alpha value is -1.89. The van der Waals surface area contributed by atoms with Crippen molar-refractivity contribution in [3.05, 3.63) is 22.4 Å². The number of likely N-dealkylation sites (tertiary alicyclic amines) is 1. The van der Waals surface area contributed by atoms with Gasteiger partial charge >= 0.3 is 11.9 Å². The van der Waals surface area contributed by atoms with E-state index in [0.717, 1.165) is 12.8 Å². The Bertz CT molecular complexity index is 528. The number of nitrogens with zero attached hydrogens (tertiary/aromatic N) is 1. The van der Waals surface area contributed by atoms with Crippen molar-refractivity contribution in [2.45, 2.75) is 19.8 Å². The number of esters is 2. The number of rotatable bonds is 5. The van der Waals surface area contributed by atoms with Crippen LogP contribution in [0.2, 0.25) is 0 Å². The van der Waals surface area contributed by atoms with Crippen LogP contribution in [0.15, 0.2) is 17.5 Å². The molecule has 1 saturated heterocycles. The first-order valence-corrected chi connectivity index (χ1v) is 8.14. The minimum absolute atomic E-state index is 0.268. The van der Waals surface area contributed by atoms with Gasteiger partial charge in [0.2, 0.25) is 0 Å². The van der Waals surface area contributed by atoms with Gasteiger partial charge in [0.1, 0.15) is 4.88 Å². The molecule has 0 bridgehead atoms. The van der Waals surface area contributed by atoms with Gasteiger partial charge in [0.05, 0.1) is 12.5 Å². The summed E-state index contributed by atoms with van der Waals surface area (Å²) in [6.45, 7) is 2.70. The van der Waals surface area contributed by atoms with Crippen LogP contribution in [-0.4, -0.2) is 49.0 Å². The Morgan fingerprint density at radius 2 is 2.18 bits per heavy atom. The Morgan fingerprint density at radius 1 is 1.36 bits per heavy atom. The maximum atomic E-state index is 12.1. The molecule has 1 amide bonds. The van der Waals surface area contributed by atoms with Gasteiger partial charge in [0.25, 0.3) is 5.91 Å². The van der Waals surface area contributed by atoms with Gasteiger partial charge in [-0.25, -0.2) is 4.79 Å². The quantitative estimate of drug-likeness (QED) is 0.771. The smallest absolute Gasteiger partial charge is 0.348 e. The highest BCUT2D eigenvalue weighted by Crippen LogP contribution is 2.18. The third kappa shape index (κ3) is 4.30. The summed E-state index contributed by atoms with van der Waals surface area (Å²) < 4.78 is 10.0. The summed E-state index contributed by atoms with van der Waals surface area (Å²) in [6, 6.07) is 3.40. The molecular formula is C15H19NO5S. The van der Waals surface area contributed by atoms with E-state index >= 15 is 0 Å². The number of carbonyl (C=O) groups is 3.